The number of sulfonamides is 1. The molecule has 0 spiro atoms. The van der Waals surface area contributed by atoms with Crippen LogP contribution in [0.2, 0.25) is 0 Å². The van der Waals surface area contributed by atoms with Crippen LogP contribution in [0.25, 0.3) is 0 Å². The van der Waals surface area contributed by atoms with Crippen LogP contribution in [0.4, 0.5) is 0 Å². The molecule has 0 aliphatic heterocycles. The molecule has 2 aromatic rings. The van der Waals surface area contributed by atoms with Crippen molar-refractivity contribution in [2.75, 3.05) is 13.7 Å². The lowest BCUT2D eigenvalue weighted by atomic mass is 10.3. The molecule has 0 aliphatic rings. The third kappa shape index (κ3) is 3.21. The van der Waals surface area contributed by atoms with Crippen LogP contribution in [0.15, 0.2) is 34.1 Å². The Morgan fingerprint density at radius 1 is 1.53 bits per heavy atom. The highest BCUT2D eigenvalue weighted by molar-refractivity contribution is 7.89. The Hall–Kier alpha value is -1.22. The number of rotatable bonds is 6. The van der Waals surface area contributed by atoms with Gasteiger partial charge in [-0.3, -0.25) is 4.68 Å². The van der Waals surface area contributed by atoms with Crippen molar-refractivity contribution in [3.05, 3.63) is 34.8 Å². The highest BCUT2D eigenvalue weighted by Gasteiger charge is 2.22. The van der Waals surface area contributed by atoms with Crippen molar-refractivity contribution in [1.29, 1.82) is 0 Å². The predicted molar refractivity (Wildman–Crippen MR) is 72.3 cm³/mol. The topological polar surface area (TPSA) is 75.4 Å². The molecule has 0 aliphatic carbocycles. The minimum absolute atomic E-state index is 0.0775. The normalized spacial score (nSPS) is 12.2. The molecule has 2 heterocycles. The van der Waals surface area contributed by atoms with Gasteiger partial charge in [-0.1, -0.05) is 0 Å². The van der Waals surface area contributed by atoms with Crippen LogP contribution < -0.4 is 0 Å². The summed E-state index contributed by atoms with van der Waals surface area (Å²) in [5.74, 6) is 0. The highest BCUT2D eigenvalue weighted by Crippen LogP contribution is 2.17. The SMILES string of the molecule is CN(Cc1ccsc1)S(=O)(=O)c1cnn(CCO)c1. The first-order chi connectivity index (χ1) is 9.04. The minimum Gasteiger partial charge on any atom is -0.394 e. The Morgan fingerprint density at radius 2 is 2.32 bits per heavy atom. The van der Waals surface area contributed by atoms with Crippen LogP contribution >= 0.6 is 11.3 Å². The van der Waals surface area contributed by atoms with Crippen molar-refractivity contribution >= 4 is 21.4 Å². The van der Waals surface area contributed by atoms with Crippen molar-refractivity contribution in [2.24, 2.45) is 0 Å². The van der Waals surface area contributed by atoms with Gasteiger partial charge in [-0.25, -0.2) is 8.42 Å². The molecular formula is C11H15N3O3S2. The summed E-state index contributed by atoms with van der Waals surface area (Å²) in [5.41, 5.74) is 0.957. The lowest BCUT2D eigenvalue weighted by Crippen LogP contribution is -2.26. The lowest BCUT2D eigenvalue weighted by Gasteiger charge is -2.14. The first-order valence-electron chi connectivity index (χ1n) is 5.65. The van der Waals surface area contributed by atoms with Gasteiger partial charge in [0.15, 0.2) is 0 Å². The van der Waals surface area contributed by atoms with Crippen LogP contribution in [-0.4, -0.2) is 41.3 Å². The molecule has 19 heavy (non-hydrogen) atoms. The van der Waals surface area contributed by atoms with Gasteiger partial charge in [-0.05, 0) is 22.4 Å². The smallest absolute Gasteiger partial charge is 0.246 e. The van der Waals surface area contributed by atoms with Gasteiger partial charge in [-0.15, -0.1) is 0 Å². The Kier molecular flexibility index (Phi) is 4.35. The maximum absolute atomic E-state index is 12.3. The van der Waals surface area contributed by atoms with E-state index in [1.165, 1.54) is 39.8 Å². The average molecular weight is 301 g/mol. The van der Waals surface area contributed by atoms with Crippen LogP contribution in [0.3, 0.4) is 0 Å². The average Bonchev–Trinajstić information content (AvgIpc) is 3.00. The number of thiophene rings is 1. The number of hydrogen-bond acceptors (Lipinski definition) is 5. The fourth-order valence-electron chi connectivity index (χ4n) is 1.61. The maximum Gasteiger partial charge on any atom is 0.246 e. The van der Waals surface area contributed by atoms with Crippen LogP contribution in [0, 0.1) is 0 Å². The number of aliphatic hydroxyl groups excluding tert-OH is 1. The predicted octanol–water partition coefficient (Wildman–Crippen LogP) is 0.758. The summed E-state index contributed by atoms with van der Waals surface area (Å²) >= 11 is 1.53. The molecule has 1 N–H and O–H groups in total. The summed E-state index contributed by atoms with van der Waals surface area (Å²) in [7, 11) is -2.00. The summed E-state index contributed by atoms with van der Waals surface area (Å²) in [5, 5.41) is 16.5. The van der Waals surface area contributed by atoms with Gasteiger partial charge in [0.25, 0.3) is 0 Å². The molecule has 8 heteroatoms. The molecular weight excluding hydrogens is 286 g/mol. The van der Waals surface area contributed by atoms with Gasteiger partial charge in [0.1, 0.15) is 4.90 Å². The highest BCUT2D eigenvalue weighted by atomic mass is 32.2. The summed E-state index contributed by atoms with van der Waals surface area (Å²) in [6.07, 6.45) is 2.73. The Morgan fingerprint density at radius 3 is 2.95 bits per heavy atom. The van der Waals surface area contributed by atoms with Gasteiger partial charge >= 0.3 is 0 Å². The third-order valence-corrected chi connectivity index (χ3v) is 5.12. The fraction of sp³-hybridized carbons (Fsp3) is 0.364. The zero-order valence-corrected chi connectivity index (χ0v) is 12.1. The number of hydrogen-bond donors (Lipinski definition) is 1. The molecule has 0 atom stereocenters. The zero-order chi connectivity index (χ0) is 13.9. The fourth-order valence-corrected chi connectivity index (χ4v) is 3.38. The second kappa shape index (κ2) is 5.83. The quantitative estimate of drug-likeness (QED) is 0.854. The number of nitrogens with zero attached hydrogens (tertiary/aromatic N) is 3. The molecule has 0 bridgehead atoms. The molecule has 0 aromatic carbocycles. The van der Waals surface area contributed by atoms with E-state index in [1.807, 2.05) is 16.8 Å². The van der Waals surface area contributed by atoms with Crippen LogP contribution in [0.1, 0.15) is 5.56 Å². The van der Waals surface area contributed by atoms with Crippen molar-refractivity contribution in [2.45, 2.75) is 18.0 Å². The van der Waals surface area contributed by atoms with Gasteiger partial charge in [0.05, 0.1) is 19.3 Å². The second-order valence-electron chi connectivity index (χ2n) is 4.06. The number of aliphatic hydroxyl groups is 1. The first kappa shape index (κ1) is 14.2. The molecule has 2 rings (SSSR count). The van der Waals surface area contributed by atoms with E-state index in [2.05, 4.69) is 5.10 Å². The molecule has 2 aromatic heterocycles. The number of aromatic nitrogens is 2. The zero-order valence-electron chi connectivity index (χ0n) is 10.4. The lowest BCUT2D eigenvalue weighted by molar-refractivity contribution is 0.269. The van der Waals surface area contributed by atoms with E-state index in [0.29, 0.717) is 6.54 Å². The van der Waals surface area contributed by atoms with Gasteiger partial charge < -0.3 is 5.11 Å². The summed E-state index contributed by atoms with van der Waals surface area (Å²) in [6.45, 7) is 0.534. The van der Waals surface area contributed by atoms with Gasteiger partial charge in [0, 0.05) is 19.8 Å². The van der Waals surface area contributed by atoms with Gasteiger partial charge in [-0.2, -0.15) is 20.7 Å². The van der Waals surface area contributed by atoms with Gasteiger partial charge in [0.2, 0.25) is 10.0 Å². The second-order valence-corrected chi connectivity index (χ2v) is 6.88. The van der Waals surface area contributed by atoms with E-state index < -0.39 is 10.0 Å². The van der Waals surface area contributed by atoms with E-state index in [0.717, 1.165) is 5.56 Å². The third-order valence-electron chi connectivity index (χ3n) is 2.63. The Balaban J connectivity index is 2.16. The Labute approximate surface area is 116 Å². The first-order valence-corrected chi connectivity index (χ1v) is 8.03. The van der Waals surface area contributed by atoms with E-state index in [-0.39, 0.29) is 18.0 Å². The van der Waals surface area contributed by atoms with E-state index in [9.17, 15) is 8.42 Å². The molecule has 0 amide bonds. The molecule has 0 unspecified atom stereocenters. The standard InChI is InChI=1S/C11H15N3O3S2/c1-13(7-10-2-5-18-9-10)19(16,17)11-6-12-14(8-11)3-4-15/h2,5-6,8-9,15H,3-4,7H2,1H3. The molecule has 0 saturated heterocycles. The molecule has 0 fully saturated rings. The van der Waals surface area contributed by atoms with Crippen molar-refractivity contribution < 1.29 is 13.5 Å². The summed E-state index contributed by atoms with van der Waals surface area (Å²) in [4.78, 5) is 0.138. The molecule has 0 saturated carbocycles. The maximum atomic E-state index is 12.3. The molecule has 6 nitrogen and oxygen atoms in total. The summed E-state index contributed by atoms with van der Waals surface area (Å²) < 4.78 is 27.3. The minimum atomic E-state index is -3.54. The van der Waals surface area contributed by atoms with Crippen molar-refractivity contribution in [3.63, 3.8) is 0 Å². The van der Waals surface area contributed by atoms with E-state index in [4.69, 9.17) is 5.11 Å². The molecule has 0 radical (unpaired) electrons. The largest absolute Gasteiger partial charge is 0.394 e. The van der Waals surface area contributed by atoms with Crippen molar-refractivity contribution in [1.82, 2.24) is 14.1 Å². The summed E-state index contributed by atoms with van der Waals surface area (Å²) in [6, 6.07) is 1.89. The van der Waals surface area contributed by atoms with E-state index >= 15 is 0 Å². The Bertz CT molecular complexity index is 619. The molecule has 104 valence electrons. The van der Waals surface area contributed by atoms with E-state index in [1.54, 1.807) is 0 Å². The monoisotopic (exact) mass is 301 g/mol. The van der Waals surface area contributed by atoms with Crippen LogP contribution in [0.5, 0.6) is 0 Å². The van der Waals surface area contributed by atoms with Crippen LogP contribution in [-0.2, 0) is 23.1 Å². The van der Waals surface area contributed by atoms with Crippen molar-refractivity contribution in [3.8, 4) is 0 Å².